The molecule has 0 radical (unpaired) electrons. The van der Waals surface area contributed by atoms with Crippen LogP contribution in [0.15, 0.2) is 18.2 Å². The molecule has 1 amide bonds. The minimum atomic E-state index is -1.05. The van der Waals surface area contributed by atoms with Crippen molar-refractivity contribution in [1.82, 2.24) is 9.78 Å². The topological polar surface area (TPSA) is 90.1 Å². The summed E-state index contributed by atoms with van der Waals surface area (Å²) in [5, 5.41) is 17.3. The number of halogens is 1. The molecule has 1 aromatic carbocycles. The summed E-state index contributed by atoms with van der Waals surface area (Å²) < 4.78 is 15.1. The van der Waals surface area contributed by atoms with Crippen molar-refractivity contribution in [3.8, 4) is 0 Å². The highest BCUT2D eigenvalue weighted by atomic mass is 19.1. The molecule has 0 spiro atoms. The number of nitro benzene ring substituents is 1. The van der Waals surface area contributed by atoms with E-state index in [2.05, 4.69) is 10.4 Å². The second kappa shape index (κ2) is 5.31. The molecule has 0 fully saturated rings. The molecule has 1 aromatic heterocycles. The Morgan fingerprint density at radius 2 is 2.10 bits per heavy atom. The number of nitrogens with one attached hydrogen (secondary N) is 1. The smallest absolute Gasteiger partial charge is 0.304 e. The molecule has 2 rings (SSSR count). The van der Waals surface area contributed by atoms with Gasteiger partial charge in [0, 0.05) is 18.7 Å². The first-order valence-corrected chi connectivity index (χ1v) is 6.06. The minimum Gasteiger partial charge on any atom is -0.319 e. The molecular weight excluding hydrogens is 279 g/mol. The van der Waals surface area contributed by atoms with Crippen molar-refractivity contribution in [1.29, 1.82) is 0 Å². The highest BCUT2D eigenvalue weighted by Crippen LogP contribution is 2.21. The quantitative estimate of drug-likeness (QED) is 0.694. The van der Waals surface area contributed by atoms with Crippen molar-refractivity contribution in [2.24, 2.45) is 7.05 Å². The van der Waals surface area contributed by atoms with Gasteiger partial charge in [-0.3, -0.25) is 19.6 Å². The molecule has 0 aliphatic carbocycles. The van der Waals surface area contributed by atoms with Crippen LogP contribution in [-0.2, 0) is 7.05 Å². The van der Waals surface area contributed by atoms with Gasteiger partial charge >= 0.3 is 5.69 Å². The van der Waals surface area contributed by atoms with Crippen molar-refractivity contribution < 1.29 is 14.1 Å². The second-order valence-corrected chi connectivity index (χ2v) is 4.55. The predicted octanol–water partition coefficient (Wildman–Crippen LogP) is 2.34. The number of carbonyl (C=O) groups is 1. The Bertz CT molecular complexity index is 739. The third-order valence-electron chi connectivity index (χ3n) is 3.15. The average molecular weight is 292 g/mol. The van der Waals surface area contributed by atoms with Gasteiger partial charge in [0.1, 0.15) is 0 Å². The number of aryl methyl sites for hydroxylation is 2. The number of hydrogen-bond acceptors (Lipinski definition) is 4. The number of amides is 1. The van der Waals surface area contributed by atoms with Crippen LogP contribution in [0.5, 0.6) is 0 Å². The van der Waals surface area contributed by atoms with E-state index in [1.165, 1.54) is 6.07 Å². The van der Waals surface area contributed by atoms with E-state index in [-0.39, 0.29) is 5.56 Å². The fraction of sp³-hybridized carbons (Fsp3) is 0.231. The van der Waals surface area contributed by atoms with E-state index >= 15 is 0 Å². The molecule has 21 heavy (non-hydrogen) atoms. The van der Waals surface area contributed by atoms with Crippen LogP contribution in [0.25, 0.3) is 0 Å². The lowest BCUT2D eigenvalue weighted by atomic mass is 10.1. The lowest BCUT2D eigenvalue weighted by Gasteiger charge is -2.06. The van der Waals surface area contributed by atoms with Crippen molar-refractivity contribution in [3.63, 3.8) is 0 Å². The van der Waals surface area contributed by atoms with Crippen molar-refractivity contribution >= 4 is 17.3 Å². The molecule has 0 atom stereocenters. The first kappa shape index (κ1) is 14.6. The zero-order valence-electron chi connectivity index (χ0n) is 11.7. The van der Waals surface area contributed by atoms with Gasteiger partial charge in [-0.25, -0.2) is 0 Å². The highest BCUT2D eigenvalue weighted by Gasteiger charge is 2.18. The van der Waals surface area contributed by atoms with Crippen LogP contribution >= 0.6 is 0 Å². The summed E-state index contributed by atoms with van der Waals surface area (Å²) in [6.07, 6.45) is 0. The van der Waals surface area contributed by atoms with Crippen LogP contribution in [0.3, 0.4) is 0 Å². The molecule has 0 saturated heterocycles. The third-order valence-corrected chi connectivity index (χ3v) is 3.15. The molecule has 1 heterocycles. The number of hydrogen-bond donors (Lipinski definition) is 1. The summed E-state index contributed by atoms with van der Waals surface area (Å²) in [6, 6.07) is 3.01. The fourth-order valence-corrected chi connectivity index (χ4v) is 1.94. The van der Waals surface area contributed by atoms with E-state index in [0.29, 0.717) is 11.4 Å². The SMILES string of the molecule is Cc1nn(C)c(C)c1NC(=O)c1ccc([N+](=O)[O-])c(F)c1. The van der Waals surface area contributed by atoms with E-state index in [1.54, 1.807) is 25.6 Å². The molecule has 7 nitrogen and oxygen atoms in total. The number of nitrogens with zero attached hydrogens (tertiary/aromatic N) is 3. The standard InChI is InChI=1S/C13H13FN4O3/c1-7-12(8(2)17(3)16-7)15-13(19)9-4-5-11(18(20)21)10(14)6-9/h4-6H,1-3H3,(H,15,19). The van der Waals surface area contributed by atoms with Crippen molar-refractivity contribution in [2.45, 2.75) is 13.8 Å². The summed E-state index contributed by atoms with van der Waals surface area (Å²) in [4.78, 5) is 21.8. The monoisotopic (exact) mass is 292 g/mol. The van der Waals surface area contributed by atoms with Gasteiger partial charge in [0.25, 0.3) is 5.91 Å². The molecule has 1 N–H and O–H groups in total. The molecule has 0 aliphatic heterocycles. The van der Waals surface area contributed by atoms with Gasteiger partial charge in [-0.05, 0) is 26.0 Å². The Hall–Kier alpha value is -2.77. The largest absolute Gasteiger partial charge is 0.319 e. The number of nitro groups is 1. The molecule has 2 aromatic rings. The summed E-state index contributed by atoms with van der Waals surface area (Å²) >= 11 is 0. The van der Waals surface area contributed by atoms with E-state index in [4.69, 9.17) is 0 Å². The van der Waals surface area contributed by atoms with Crippen LogP contribution in [0.4, 0.5) is 15.8 Å². The first-order valence-electron chi connectivity index (χ1n) is 6.06. The van der Waals surface area contributed by atoms with Gasteiger partial charge in [0.15, 0.2) is 0 Å². The van der Waals surface area contributed by atoms with Gasteiger partial charge in [0.2, 0.25) is 5.82 Å². The summed E-state index contributed by atoms with van der Waals surface area (Å²) in [7, 11) is 1.74. The molecule has 8 heteroatoms. The van der Waals surface area contributed by atoms with Gasteiger partial charge < -0.3 is 5.32 Å². The number of benzene rings is 1. The van der Waals surface area contributed by atoms with Crippen LogP contribution < -0.4 is 5.32 Å². The normalized spacial score (nSPS) is 10.5. The van der Waals surface area contributed by atoms with E-state index in [0.717, 1.165) is 17.8 Å². The molecular formula is C13H13FN4O3. The predicted molar refractivity (Wildman–Crippen MR) is 73.7 cm³/mol. The van der Waals surface area contributed by atoms with Crippen LogP contribution in [0, 0.1) is 29.8 Å². The van der Waals surface area contributed by atoms with Crippen molar-refractivity contribution in [3.05, 3.63) is 51.1 Å². The Kier molecular flexibility index (Phi) is 3.70. The zero-order chi connectivity index (χ0) is 15.7. The summed E-state index contributed by atoms with van der Waals surface area (Å²) in [6.45, 7) is 3.52. The Morgan fingerprint density at radius 3 is 2.57 bits per heavy atom. The summed E-state index contributed by atoms with van der Waals surface area (Å²) in [5.41, 5.74) is 1.26. The third kappa shape index (κ3) is 2.73. The van der Waals surface area contributed by atoms with Gasteiger partial charge in [-0.2, -0.15) is 9.49 Å². The number of carbonyl (C=O) groups excluding carboxylic acids is 1. The number of rotatable bonds is 3. The van der Waals surface area contributed by atoms with E-state index in [9.17, 15) is 19.3 Å². The zero-order valence-corrected chi connectivity index (χ0v) is 11.7. The Labute approximate surface area is 119 Å². The second-order valence-electron chi connectivity index (χ2n) is 4.55. The maximum Gasteiger partial charge on any atom is 0.304 e. The lowest BCUT2D eigenvalue weighted by molar-refractivity contribution is -0.387. The minimum absolute atomic E-state index is 0.000697. The summed E-state index contributed by atoms with van der Waals surface area (Å²) in [5.74, 6) is -1.60. The fourth-order valence-electron chi connectivity index (χ4n) is 1.94. The first-order chi connectivity index (χ1) is 9.81. The van der Waals surface area contributed by atoms with Crippen LogP contribution in [0.1, 0.15) is 21.7 Å². The molecule has 0 saturated carbocycles. The van der Waals surface area contributed by atoms with Gasteiger partial charge in [-0.15, -0.1) is 0 Å². The van der Waals surface area contributed by atoms with E-state index in [1.807, 2.05) is 0 Å². The molecule has 110 valence electrons. The Balaban J connectivity index is 2.29. The lowest BCUT2D eigenvalue weighted by Crippen LogP contribution is -2.13. The molecule has 0 bridgehead atoms. The van der Waals surface area contributed by atoms with E-state index < -0.39 is 22.3 Å². The van der Waals surface area contributed by atoms with Crippen LogP contribution in [-0.4, -0.2) is 20.6 Å². The maximum atomic E-state index is 13.5. The molecule has 0 aliphatic rings. The highest BCUT2D eigenvalue weighted by molar-refractivity contribution is 6.05. The maximum absolute atomic E-state index is 13.5. The average Bonchev–Trinajstić information content (AvgIpc) is 2.64. The number of aromatic nitrogens is 2. The molecule has 0 unspecified atom stereocenters. The Morgan fingerprint density at radius 1 is 1.43 bits per heavy atom. The van der Waals surface area contributed by atoms with Crippen LogP contribution in [0.2, 0.25) is 0 Å². The van der Waals surface area contributed by atoms with Gasteiger partial charge in [-0.1, -0.05) is 0 Å². The van der Waals surface area contributed by atoms with Crippen molar-refractivity contribution in [2.75, 3.05) is 5.32 Å². The van der Waals surface area contributed by atoms with Gasteiger partial charge in [0.05, 0.1) is 22.0 Å². The number of anilines is 1.